The summed E-state index contributed by atoms with van der Waals surface area (Å²) in [7, 11) is 1.31. The summed E-state index contributed by atoms with van der Waals surface area (Å²) < 4.78 is 12.0. The highest BCUT2D eigenvalue weighted by atomic mass is 16.5. The molecule has 0 spiro atoms. The molecule has 0 unspecified atom stereocenters. The molecule has 8 heteroatoms. The van der Waals surface area contributed by atoms with Gasteiger partial charge in [-0.25, -0.2) is 14.6 Å². The molecule has 24 heavy (non-hydrogen) atoms. The van der Waals surface area contributed by atoms with Gasteiger partial charge in [0.15, 0.2) is 5.69 Å². The average Bonchev–Trinajstić information content (AvgIpc) is 3.02. The zero-order valence-electron chi connectivity index (χ0n) is 13.5. The van der Waals surface area contributed by atoms with Gasteiger partial charge in [0.1, 0.15) is 12.4 Å². The van der Waals surface area contributed by atoms with Crippen LogP contribution in [0.2, 0.25) is 0 Å². The molecule has 0 saturated carbocycles. The Hall–Kier alpha value is -3.03. The molecular formula is C16H19N3O5. The Labute approximate surface area is 139 Å². The van der Waals surface area contributed by atoms with Crippen molar-refractivity contribution in [2.45, 2.75) is 13.5 Å². The SMILES string of the molecule is COC(=O)c1cn(Cc2cccc(OCCNC(=O)O)c2C)cn1. The largest absolute Gasteiger partial charge is 0.491 e. The van der Waals surface area contributed by atoms with Gasteiger partial charge in [0, 0.05) is 12.7 Å². The third-order valence-corrected chi connectivity index (χ3v) is 3.41. The Kier molecular flexibility index (Phi) is 5.78. The number of methoxy groups -OCH3 is 1. The number of carbonyl (C=O) groups excluding carboxylic acids is 1. The number of imidazole rings is 1. The Morgan fingerprint density at radius 3 is 2.88 bits per heavy atom. The van der Waals surface area contributed by atoms with Crippen molar-refractivity contribution in [2.24, 2.45) is 0 Å². The lowest BCUT2D eigenvalue weighted by Crippen LogP contribution is -2.26. The highest BCUT2D eigenvalue weighted by Gasteiger charge is 2.11. The third-order valence-electron chi connectivity index (χ3n) is 3.41. The first kappa shape index (κ1) is 17.3. The van der Waals surface area contributed by atoms with Crippen LogP contribution in [-0.4, -0.2) is 47.0 Å². The summed E-state index contributed by atoms with van der Waals surface area (Å²) in [6.07, 6.45) is 2.11. The lowest BCUT2D eigenvalue weighted by Gasteiger charge is -2.13. The molecule has 128 valence electrons. The van der Waals surface area contributed by atoms with Gasteiger partial charge in [-0.05, 0) is 24.1 Å². The maximum atomic E-state index is 11.4. The van der Waals surface area contributed by atoms with Crippen molar-refractivity contribution in [3.63, 3.8) is 0 Å². The van der Waals surface area contributed by atoms with Crippen LogP contribution in [0.15, 0.2) is 30.7 Å². The number of hydrogen-bond donors (Lipinski definition) is 2. The number of rotatable bonds is 7. The number of carboxylic acid groups (broad SMARTS) is 1. The number of carbonyl (C=O) groups is 2. The fraction of sp³-hybridized carbons (Fsp3) is 0.312. The number of benzene rings is 1. The average molecular weight is 333 g/mol. The Morgan fingerprint density at radius 2 is 2.17 bits per heavy atom. The van der Waals surface area contributed by atoms with Crippen LogP contribution in [0.25, 0.3) is 0 Å². The van der Waals surface area contributed by atoms with E-state index >= 15 is 0 Å². The molecule has 0 atom stereocenters. The summed E-state index contributed by atoms with van der Waals surface area (Å²) >= 11 is 0. The van der Waals surface area contributed by atoms with Crippen LogP contribution < -0.4 is 10.1 Å². The molecule has 0 fully saturated rings. The van der Waals surface area contributed by atoms with E-state index in [1.54, 1.807) is 17.1 Å². The maximum Gasteiger partial charge on any atom is 0.404 e. The van der Waals surface area contributed by atoms with Crippen LogP contribution in [0.3, 0.4) is 0 Å². The molecular weight excluding hydrogens is 314 g/mol. The van der Waals surface area contributed by atoms with Gasteiger partial charge >= 0.3 is 12.1 Å². The molecule has 2 aromatic rings. The van der Waals surface area contributed by atoms with E-state index in [2.05, 4.69) is 15.0 Å². The Bertz CT molecular complexity index is 726. The van der Waals surface area contributed by atoms with Crippen molar-refractivity contribution in [1.82, 2.24) is 14.9 Å². The van der Waals surface area contributed by atoms with Gasteiger partial charge in [-0.1, -0.05) is 12.1 Å². The second-order valence-corrected chi connectivity index (χ2v) is 5.04. The smallest absolute Gasteiger partial charge is 0.404 e. The molecule has 1 amide bonds. The summed E-state index contributed by atoms with van der Waals surface area (Å²) in [5.74, 6) is 0.210. The summed E-state index contributed by atoms with van der Waals surface area (Å²) in [4.78, 5) is 25.8. The predicted molar refractivity (Wildman–Crippen MR) is 85.4 cm³/mol. The summed E-state index contributed by atoms with van der Waals surface area (Å²) in [6.45, 7) is 2.91. The number of ether oxygens (including phenoxy) is 2. The standard InChI is InChI=1S/C16H19N3O5/c1-11-12(8-19-9-13(18-10-19)15(20)23-2)4-3-5-14(11)24-7-6-17-16(21)22/h3-5,9-10,17H,6-8H2,1-2H3,(H,21,22). The molecule has 1 heterocycles. The molecule has 0 saturated heterocycles. The minimum absolute atomic E-state index is 0.211. The number of nitrogens with zero attached hydrogens (tertiary/aromatic N) is 2. The maximum absolute atomic E-state index is 11.4. The molecule has 0 bridgehead atoms. The van der Waals surface area contributed by atoms with Crippen molar-refractivity contribution < 1.29 is 24.2 Å². The van der Waals surface area contributed by atoms with E-state index in [1.807, 2.05) is 25.1 Å². The number of hydrogen-bond acceptors (Lipinski definition) is 5. The molecule has 2 N–H and O–H groups in total. The first-order chi connectivity index (χ1) is 11.5. The summed E-state index contributed by atoms with van der Waals surface area (Å²) in [6, 6.07) is 5.64. The molecule has 1 aromatic carbocycles. The number of aromatic nitrogens is 2. The minimum Gasteiger partial charge on any atom is -0.491 e. The fourth-order valence-corrected chi connectivity index (χ4v) is 2.16. The lowest BCUT2D eigenvalue weighted by atomic mass is 10.1. The fourth-order valence-electron chi connectivity index (χ4n) is 2.16. The highest BCUT2D eigenvalue weighted by molar-refractivity contribution is 5.86. The monoisotopic (exact) mass is 333 g/mol. The van der Waals surface area contributed by atoms with E-state index in [1.165, 1.54) is 7.11 Å². The molecule has 2 rings (SSSR count). The number of nitrogens with one attached hydrogen (secondary N) is 1. The van der Waals surface area contributed by atoms with E-state index in [0.29, 0.717) is 12.3 Å². The third kappa shape index (κ3) is 4.48. The molecule has 0 aliphatic carbocycles. The van der Waals surface area contributed by atoms with Gasteiger partial charge in [0.2, 0.25) is 0 Å². The van der Waals surface area contributed by atoms with E-state index in [0.717, 1.165) is 11.1 Å². The normalized spacial score (nSPS) is 10.2. The van der Waals surface area contributed by atoms with Gasteiger partial charge < -0.3 is 24.5 Å². The van der Waals surface area contributed by atoms with Gasteiger partial charge in [0.25, 0.3) is 0 Å². The van der Waals surface area contributed by atoms with Crippen LogP contribution in [0.5, 0.6) is 5.75 Å². The van der Waals surface area contributed by atoms with Crippen LogP contribution in [0.1, 0.15) is 21.6 Å². The molecule has 0 aliphatic rings. The zero-order chi connectivity index (χ0) is 17.5. The van der Waals surface area contributed by atoms with E-state index < -0.39 is 12.1 Å². The molecule has 1 aromatic heterocycles. The highest BCUT2D eigenvalue weighted by Crippen LogP contribution is 2.22. The van der Waals surface area contributed by atoms with Gasteiger partial charge in [0.05, 0.1) is 20.0 Å². The molecule has 8 nitrogen and oxygen atoms in total. The van der Waals surface area contributed by atoms with Crippen LogP contribution in [-0.2, 0) is 11.3 Å². The first-order valence-electron chi connectivity index (χ1n) is 7.29. The van der Waals surface area contributed by atoms with E-state index in [-0.39, 0.29) is 18.8 Å². The van der Waals surface area contributed by atoms with Gasteiger partial charge in [-0.15, -0.1) is 0 Å². The van der Waals surface area contributed by atoms with Gasteiger partial charge in [-0.2, -0.15) is 0 Å². The lowest BCUT2D eigenvalue weighted by molar-refractivity contribution is 0.0594. The topological polar surface area (TPSA) is 103 Å². The summed E-state index contributed by atoms with van der Waals surface area (Å²) in [5.41, 5.74) is 2.20. The Balaban J connectivity index is 2.03. The Morgan fingerprint density at radius 1 is 1.38 bits per heavy atom. The predicted octanol–water partition coefficient (Wildman–Crippen LogP) is 1.67. The van der Waals surface area contributed by atoms with Gasteiger partial charge in [-0.3, -0.25) is 0 Å². The van der Waals surface area contributed by atoms with Crippen molar-refractivity contribution in [3.8, 4) is 5.75 Å². The van der Waals surface area contributed by atoms with E-state index in [4.69, 9.17) is 9.84 Å². The summed E-state index contributed by atoms with van der Waals surface area (Å²) in [5, 5.41) is 10.8. The van der Waals surface area contributed by atoms with Crippen LogP contribution >= 0.6 is 0 Å². The molecule has 0 radical (unpaired) electrons. The van der Waals surface area contributed by atoms with Crippen LogP contribution in [0, 0.1) is 6.92 Å². The number of amides is 1. The van der Waals surface area contributed by atoms with E-state index in [9.17, 15) is 9.59 Å². The second kappa shape index (κ2) is 8.00. The van der Waals surface area contributed by atoms with Crippen LogP contribution in [0.4, 0.5) is 4.79 Å². The van der Waals surface area contributed by atoms with Crippen molar-refractivity contribution in [2.75, 3.05) is 20.3 Å². The first-order valence-corrected chi connectivity index (χ1v) is 7.29. The van der Waals surface area contributed by atoms with Crippen molar-refractivity contribution >= 4 is 12.1 Å². The minimum atomic E-state index is -1.08. The zero-order valence-corrected chi connectivity index (χ0v) is 13.5. The number of esters is 1. The molecule has 0 aliphatic heterocycles. The second-order valence-electron chi connectivity index (χ2n) is 5.04. The van der Waals surface area contributed by atoms with Crippen molar-refractivity contribution in [1.29, 1.82) is 0 Å². The quantitative estimate of drug-likeness (QED) is 0.590. The van der Waals surface area contributed by atoms with Crippen molar-refractivity contribution in [3.05, 3.63) is 47.5 Å².